The van der Waals surface area contributed by atoms with Gasteiger partial charge in [0.25, 0.3) is 5.91 Å². The summed E-state index contributed by atoms with van der Waals surface area (Å²) in [7, 11) is 1.55. The minimum absolute atomic E-state index is 0.0892. The zero-order valence-corrected chi connectivity index (χ0v) is 15.6. The molecule has 0 spiro atoms. The zero-order valence-electron chi connectivity index (χ0n) is 14.8. The lowest BCUT2D eigenvalue weighted by atomic mass is 10.1. The number of carbonyl (C=O) groups is 1. The van der Waals surface area contributed by atoms with Gasteiger partial charge in [-0.15, -0.1) is 11.3 Å². The summed E-state index contributed by atoms with van der Waals surface area (Å²) >= 11 is 1.42. The lowest BCUT2D eigenvalue weighted by Crippen LogP contribution is -2.40. The molecular weight excluding hydrogens is 366 g/mol. The van der Waals surface area contributed by atoms with Crippen molar-refractivity contribution in [3.8, 4) is 10.8 Å². The molecule has 27 heavy (non-hydrogen) atoms. The number of carbonyl (C=O) groups excluding carboxylic acids is 1. The summed E-state index contributed by atoms with van der Waals surface area (Å²) in [4.78, 5) is 27.4. The van der Waals surface area contributed by atoms with Gasteiger partial charge in [0.2, 0.25) is 0 Å². The van der Waals surface area contributed by atoms with Crippen LogP contribution < -0.4 is 10.4 Å². The molecule has 9 heteroatoms. The fraction of sp³-hybridized carbons (Fsp3) is 0.333. The second-order valence-electron chi connectivity index (χ2n) is 6.30. The summed E-state index contributed by atoms with van der Waals surface area (Å²) in [5.41, 5.74) is 0.232. The van der Waals surface area contributed by atoms with E-state index in [-0.39, 0.29) is 17.6 Å². The van der Waals surface area contributed by atoms with Gasteiger partial charge in [-0.25, -0.2) is 4.79 Å². The van der Waals surface area contributed by atoms with E-state index in [4.69, 9.17) is 4.74 Å². The molecule has 1 atom stereocenters. The lowest BCUT2D eigenvalue weighted by Gasteiger charge is -2.25. The standard InChI is InChI=1S/C18H19N5O3S/c1-26-15-8-3-2-7-14(15)17(24)21-10-4-6-13(21)12-22-18(25)23(20-19-22)16-9-5-11-27-16/h2-3,5,7-9,11,13H,4,6,10,12H2,1H3/t13-/m1/s1. The molecule has 3 aromatic rings. The van der Waals surface area contributed by atoms with Crippen molar-refractivity contribution in [2.45, 2.75) is 25.4 Å². The Morgan fingerprint density at radius 1 is 1.26 bits per heavy atom. The van der Waals surface area contributed by atoms with Crippen LogP contribution in [0.1, 0.15) is 23.2 Å². The average Bonchev–Trinajstić information content (AvgIpc) is 3.44. The Morgan fingerprint density at radius 3 is 2.89 bits per heavy atom. The molecule has 1 amide bonds. The lowest BCUT2D eigenvalue weighted by molar-refractivity contribution is 0.0717. The fourth-order valence-corrected chi connectivity index (χ4v) is 4.05. The molecule has 0 unspecified atom stereocenters. The van der Waals surface area contributed by atoms with Crippen LogP contribution >= 0.6 is 11.3 Å². The summed E-state index contributed by atoms with van der Waals surface area (Å²) in [6.07, 6.45) is 1.71. The Kier molecular flexibility index (Phi) is 4.76. The largest absolute Gasteiger partial charge is 0.496 e. The molecule has 1 aliphatic rings. The SMILES string of the molecule is COc1ccccc1C(=O)N1CCC[C@@H]1Cn1nnn(-c2cccs2)c1=O. The quantitative estimate of drug-likeness (QED) is 0.669. The maximum absolute atomic E-state index is 13.0. The van der Waals surface area contributed by atoms with Crippen LogP contribution in [0.25, 0.3) is 5.00 Å². The number of methoxy groups -OCH3 is 1. The van der Waals surface area contributed by atoms with Gasteiger partial charge in [0, 0.05) is 6.54 Å². The summed E-state index contributed by atoms with van der Waals surface area (Å²) in [5, 5.41) is 10.6. The van der Waals surface area contributed by atoms with Crippen LogP contribution in [-0.4, -0.2) is 50.3 Å². The number of nitrogens with zero attached hydrogens (tertiary/aromatic N) is 5. The molecule has 0 bridgehead atoms. The van der Waals surface area contributed by atoms with Crippen LogP contribution in [-0.2, 0) is 6.54 Å². The molecule has 3 heterocycles. The molecule has 0 N–H and O–H groups in total. The van der Waals surface area contributed by atoms with Crippen molar-refractivity contribution >= 4 is 17.2 Å². The molecule has 2 aromatic heterocycles. The third-order valence-electron chi connectivity index (χ3n) is 4.71. The molecule has 4 rings (SSSR count). The zero-order chi connectivity index (χ0) is 18.8. The van der Waals surface area contributed by atoms with Gasteiger partial charge in [-0.3, -0.25) is 4.79 Å². The first-order chi connectivity index (χ1) is 13.2. The molecule has 0 radical (unpaired) electrons. The number of tetrazole rings is 1. The molecule has 140 valence electrons. The fourth-order valence-electron chi connectivity index (χ4n) is 3.39. The summed E-state index contributed by atoms with van der Waals surface area (Å²) < 4.78 is 7.93. The topological polar surface area (TPSA) is 82.2 Å². The Hall–Kier alpha value is -2.94. The Morgan fingerprint density at radius 2 is 2.11 bits per heavy atom. The molecular formula is C18H19N5O3S. The van der Waals surface area contributed by atoms with Crippen LogP contribution in [0.3, 0.4) is 0 Å². The number of hydrogen-bond donors (Lipinski definition) is 0. The Bertz CT molecular complexity index is 995. The van der Waals surface area contributed by atoms with Crippen molar-refractivity contribution in [2.75, 3.05) is 13.7 Å². The minimum atomic E-state index is -0.297. The van der Waals surface area contributed by atoms with Crippen molar-refractivity contribution in [1.82, 2.24) is 24.7 Å². The van der Waals surface area contributed by atoms with Crippen molar-refractivity contribution < 1.29 is 9.53 Å². The number of likely N-dealkylation sites (tertiary alicyclic amines) is 1. The van der Waals surface area contributed by atoms with E-state index >= 15 is 0 Å². The van der Waals surface area contributed by atoms with Crippen molar-refractivity contribution in [3.05, 3.63) is 57.8 Å². The monoisotopic (exact) mass is 385 g/mol. The van der Waals surface area contributed by atoms with Crippen molar-refractivity contribution in [2.24, 2.45) is 0 Å². The number of para-hydroxylation sites is 1. The van der Waals surface area contributed by atoms with E-state index < -0.39 is 0 Å². The van der Waals surface area contributed by atoms with Crippen molar-refractivity contribution in [3.63, 3.8) is 0 Å². The summed E-state index contributed by atoms with van der Waals surface area (Å²) in [6, 6.07) is 10.8. The van der Waals surface area contributed by atoms with E-state index in [1.54, 1.807) is 24.1 Å². The first-order valence-electron chi connectivity index (χ1n) is 8.69. The summed E-state index contributed by atoms with van der Waals surface area (Å²) in [5.74, 6) is 0.461. The highest BCUT2D eigenvalue weighted by molar-refractivity contribution is 7.12. The number of thiophene rings is 1. The van der Waals surface area contributed by atoms with E-state index in [1.165, 1.54) is 20.7 Å². The van der Waals surface area contributed by atoms with Gasteiger partial charge >= 0.3 is 5.69 Å². The number of ether oxygens (including phenoxy) is 1. The average molecular weight is 385 g/mol. The molecule has 0 aliphatic carbocycles. The first-order valence-corrected chi connectivity index (χ1v) is 9.57. The van der Waals surface area contributed by atoms with E-state index in [0.29, 0.717) is 24.4 Å². The maximum Gasteiger partial charge on any atom is 0.369 e. The first kappa shape index (κ1) is 17.5. The third-order valence-corrected chi connectivity index (χ3v) is 5.56. The van der Waals surface area contributed by atoms with Crippen LogP contribution in [0.5, 0.6) is 5.75 Å². The molecule has 8 nitrogen and oxygen atoms in total. The highest BCUT2D eigenvalue weighted by Gasteiger charge is 2.32. The predicted octanol–water partition coefficient (Wildman–Crippen LogP) is 1.80. The Balaban J connectivity index is 1.56. The minimum Gasteiger partial charge on any atom is -0.496 e. The summed E-state index contributed by atoms with van der Waals surface area (Å²) in [6.45, 7) is 0.973. The van der Waals surface area contributed by atoms with Gasteiger partial charge in [-0.2, -0.15) is 9.36 Å². The van der Waals surface area contributed by atoms with Gasteiger partial charge in [0.15, 0.2) is 0 Å². The molecule has 1 aliphatic heterocycles. The van der Waals surface area contributed by atoms with Crippen LogP contribution in [0.2, 0.25) is 0 Å². The van der Waals surface area contributed by atoms with E-state index in [9.17, 15) is 9.59 Å². The predicted molar refractivity (Wildman–Crippen MR) is 101 cm³/mol. The van der Waals surface area contributed by atoms with Gasteiger partial charge < -0.3 is 9.64 Å². The molecule has 1 aromatic carbocycles. The number of benzene rings is 1. The van der Waals surface area contributed by atoms with Gasteiger partial charge in [-0.05, 0) is 52.9 Å². The molecule has 1 fully saturated rings. The smallest absolute Gasteiger partial charge is 0.369 e. The number of hydrogen-bond acceptors (Lipinski definition) is 6. The van der Waals surface area contributed by atoms with E-state index in [0.717, 1.165) is 17.8 Å². The van der Waals surface area contributed by atoms with E-state index in [2.05, 4.69) is 10.4 Å². The molecule has 1 saturated heterocycles. The van der Waals surface area contributed by atoms with Crippen LogP contribution in [0.15, 0.2) is 46.6 Å². The number of rotatable bonds is 5. The van der Waals surface area contributed by atoms with Gasteiger partial charge in [0.05, 0.1) is 25.3 Å². The van der Waals surface area contributed by atoms with Crippen LogP contribution in [0.4, 0.5) is 0 Å². The van der Waals surface area contributed by atoms with Gasteiger partial charge in [-0.1, -0.05) is 12.1 Å². The highest BCUT2D eigenvalue weighted by atomic mass is 32.1. The highest BCUT2D eigenvalue weighted by Crippen LogP contribution is 2.25. The number of amides is 1. The molecule has 0 saturated carbocycles. The second kappa shape index (κ2) is 7.36. The third kappa shape index (κ3) is 3.25. The normalized spacial score (nSPS) is 16.6. The Labute approximate surface area is 159 Å². The van der Waals surface area contributed by atoms with Crippen LogP contribution in [0, 0.1) is 0 Å². The van der Waals surface area contributed by atoms with Gasteiger partial charge in [0.1, 0.15) is 10.8 Å². The second-order valence-corrected chi connectivity index (χ2v) is 7.23. The number of aromatic nitrogens is 4. The maximum atomic E-state index is 13.0. The van der Waals surface area contributed by atoms with E-state index in [1.807, 2.05) is 29.6 Å². The van der Waals surface area contributed by atoms with Crippen molar-refractivity contribution in [1.29, 1.82) is 0 Å².